The molecule has 148 valence electrons. The van der Waals surface area contributed by atoms with Gasteiger partial charge in [-0.1, -0.05) is 11.8 Å². The first-order valence-electron chi connectivity index (χ1n) is 8.60. The maximum Gasteiger partial charge on any atom is 0.351 e. The van der Waals surface area contributed by atoms with Gasteiger partial charge in [0.05, 0.1) is 15.9 Å². The number of benzene rings is 2. The van der Waals surface area contributed by atoms with Gasteiger partial charge in [-0.25, -0.2) is 23.8 Å². The van der Waals surface area contributed by atoms with E-state index in [4.69, 9.17) is 0 Å². The first kappa shape index (κ1) is 19.2. The molecule has 0 atom stereocenters. The Bertz CT molecular complexity index is 1350. The second-order valence-electron chi connectivity index (χ2n) is 6.33. The first-order valence-corrected chi connectivity index (χ1v) is 10.6. The lowest BCUT2D eigenvalue weighted by atomic mass is 10.2. The molecule has 4 rings (SSSR count). The van der Waals surface area contributed by atoms with E-state index in [0.29, 0.717) is 16.9 Å². The Kier molecular flexibility index (Phi) is 4.89. The summed E-state index contributed by atoms with van der Waals surface area (Å²) in [7, 11) is 2.94. The summed E-state index contributed by atoms with van der Waals surface area (Å²) >= 11 is 3.17. The standard InChI is InChI=1S/C19H17N5O3S2/c1-22-18(26)23(2)24(19(22)27)13-7-4-11(5-8-13)16(25)20-12-6-9-14-15(10-12)29-17(21-14)28-3/h4-10H,1-3H3,(H,20,25). The molecule has 1 amide bonds. The summed E-state index contributed by atoms with van der Waals surface area (Å²) in [5.41, 5.74) is 1.67. The van der Waals surface area contributed by atoms with Crippen molar-refractivity contribution >= 4 is 44.9 Å². The Balaban J connectivity index is 1.58. The predicted molar refractivity (Wildman–Crippen MR) is 116 cm³/mol. The SMILES string of the molecule is CSc1nc2ccc(NC(=O)c3ccc(-n4c(=O)n(C)c(=O)n4C)cc3)cc2s1. The molecule has 0 unspecified atom stereocenters. The quantitative estimate of drug-likeness (QED) is 0.505. The molecule has 0 saturated heterocycles. The molecule has 0 aliphatic rings. The fourth-order valence-corrected chi connectivity index (χ4v) is 4.49. The number of rotatable bonds is 4. The number of fused-ring (bicyclic) bond motifs is 1. The lowest BCUT2D eigenvalue weighted by molar-refractivity contribution is 0.102. The van der Waals surface area contributed by atoms with Crippen molar-refractivity contribution in [3.05, 3.63) is 69.0 Å². The lowest BCUT2D eigenvalue weighted by Gasteiger charge is -2.08. The molecule has 0 spiro atoms. The van der Waals surface area contributed by atoms with E-state index in [0.717, 1.165) is 19.1 Å². The van der Waals surface area contributed by atoms with Crippen molar-refractivity contribution in [3.8, 4) is 5.69 Å². The van der Waals surface area contributed by atoms with Crippen LogP contribution in [0.2, 0.25) is 0 Å². The molecular formula is C19H17N5O3S2. The number of anilines is 1. The van der Waals surface area contributed by atoms with Gasteiger partial charge in [0.15, 0.2) is 4.34 Å². The highest BCUT2D eigenvalue weighted by atomic mass is 32.2. The van der Waals surface area contributed by atoms with Crippen LogP contribution < -0.4 is 16.7 Å². The van der Waals surface area contributed by atoms with Crippen LogP contribution in [-0.2, 0) is 14.1 Å². The van der Waals surface area contributed by atoms with Crippen LogP contribution in [0.25, 0.3) is 15.9 Å². The number of aromatic nitrogens is 4. The highest BCUT2D eigenvalue weighted by Gasteiger charge is 2.13. The maximum absolute atomic E-state index is 12.6. The average molecular weight is 428 g/mol. The van der Waals surface area contributed by atoms with Gasteiger partial charge in [0.25, 0.3) is 5.91 Å². The minimum atomic E-state index is -0.447. The number of nitrogens with one attached hydrogen (secondary N) is 1. The Morgan fingerprint density at radius 3 is 2.41 bits per heavy atom. The summed E-state index contributed by atoms with van der Waals surface area (Å²) < 4.78 is 5.49. The number of amides is 1. The molecule has 0 aliphatic carbocycles. The topological polar surface area (TPSA) is 90.9 Å². The van der Waals surface area contributed by atoms with Gasteiger partial charge in [-0.3, -0.25) is 4.79 Å². The van der Waals surface area contributed by atoms with E-state index in [9.17, 15) is 14.4 Å². The van der Waals surface area contributed by atoms with E-state index in [-0.39, 0.29) is 5.91 Å². The second kappa shape index (κ2) is 7.37. The van der Waals surface area contributed by atoms with Crippen molar-refractivity contribution in [1.29, 1.82) is 0 Å². The van der Waals surface area contributed by atoms with Crippen LogP contribution in [0, 0.1) is 0 Å². The summed E-state index contributed by atoms with van der Waals surface area (Å²) in [4.78, 5) is 41.2. The van der Waals surface area contributed by atoms with Crippen LogP contribution in [0.15, 0.2) is 56.4 Å². The largest absolute Gasteiger partial charge is 0.351 e. The molecule has 0 bridgehead atoms. The molecule has 0 radical (unpaired) electrons. The number of thiazole rings is 1. The van der Waals surface area contributed by atoms with E-state index in [1.165, 1.54) is 23.5 Å². The van der Waals surface area contributed by atoms with Crippen LogP contribution in [0.4, 0.5) is 5.69 Å². The fourth-order valence-electron chi connectivity index (χ4n) is 2.96. The second-order valence-corrected chi connectivity index (χ2v) is 8.41. The van der Waals surface area contributed by atoms with E-state index >= 15 is 0 Å². The number of nitrogens with zero attached hydrogens (tertiary/aromatic N) is 4. The van der Waals surface area contributed by atoms with Crippen molar-refractivity contribution in [2.75, 3.05) is 11.6 Å². The van der Waals surface area contributed by atoms with E-state index in [1.807, 2.05) is 24.5 Å². The van der Waals surface area contributed by atoms with Gasteiger partial charge in [0.1, 0.15) is 0 Å². The Morgan fingerprint density at radius 1 is 1.07 bits per heavy atom. The van der Waals surface area contributed by atoms with Gasteiger partial charge in [0.2, 0.25) is 0 Å². The molecule has 0 fully saturated rings. The summed E-state index contributed by atoms with van der Waals surface area (Å²) in [6, 6.07) is 12.1. The maximum atomic E-state index is 12.6. The average Bonchev–Trinajstić information content (AvgIpc) is 3.22. The third-order valence-corrected chi connectivity index (χ3v) is 6.51. The number of carbonyl (C=O) groups is 1. The summed E-state index contributed by atoms with van der Waals surface area (Å²) in [5, 5.41) is 2.88. The van der Waals surface area contributed by atoms with Crippen LogP contribution in [0.5, 0.6) is 0 Å². The molecule has 0 saturated carbocycles. The third-order valence-electron chi connectivity index (χ3n) is 4.51. The van der Waals surface area contributed by atoms with Gasteiger partial charge in [0, 0.05) is 25.3 Å². The van der Waals surface area contributed by atoms with Crippen LogP contribution >= 0.6 is 23.1 Å². The van der Waals surface area contributed by atoms with Gasteiger partial charge >= 0.3 is 11.4 Å². The van der Waals surface area contributed by atoms with Crippen molar-refractivity contribution in [2.45, 2.75) is 4.34 Å². The Hall–Kier alpha value is -3.11. The van der Waals surface area contributed by atoms with Crippen LogP contribution in [0.1, 0.15) is 10.4 Å². The molecule has 1 N–H and O–H groups in total. The highest BCUT2D eigenvalue weighted by molar-refractivity contribution is 8.00. The zero-order valence-electron chi connectivity index (χ0n) is 15.9. The monoisotopic (exact) mass is 427 g/mol. The number of thioether (sulfide) groups is 1. The zero-order chi connectivity index (χ0) is 20.7. The molecule has 10 heteroatoms. The van der Waals surface area contributed by atoms with Gasteiger partial charge in [-0.05, 0) is 48.7 Å². The molecule has 2 aromatic heterocycles. The molecule has 29 heavy (non-hydrogen) atoms. The first-order chi connectivity index (χ1) is 13.9. The molecule has 0 aliphatic heterocycles. The summed E-state index contributed by atoms with van der Waals surface area (Å²) in [6.45, 7) is 0. The molecule has 4 aromatic rings. The van der Waals surface area contributed by atoms with Crippen molar-refractivity contribution in [2.24, 2.45) is 14.1 Å². The van der Waals surface area contributed by atoms with E-state index in [1.54, 1.807) is 47.4 Å². The van der Waals surface area contributed by atoms with Gasteiger partial charge in [-0.15, -0.1) is 11.3 Å². The molecule has 2 aromatic carbocycles. The molecule has 2 heterocycles. The molecular weight excluding hydrogens is 410 g/mol. The van der Waals surface area contributed by atoms with Crippen molar-refractivity contribution in [3.63, 3.8) is 0 Å². The van der Waals surface area contributed by atoms with Crippen LogP contribution in [-0.4, -0.2) is 31.1 Å². The fraction of sp³-hybridized carbons (Fsp3) is 0.158. The predicted octanol–water partition coefficient (Wildman–Crippen LogP) is 2.46. The smallest absolute Gasteiger partial charge is 0.322 e. The third kappa shape index (κ3) is 3.40. The Morgan fingerprint density at radius 2 is 1.79 bits per heavy atom. The van der Waals surface area contributed by atoms with Crippen molar-refractivity contribution in [1.82, 2.24) is 18.9 Å². The lowest BCUT2D eigenvalue weighted by Crippen LogP contribution is -2.25. The van der Waals surface area contributed by atoms with E-state index in [2.05, 4.69) is 10.3 Å². The normalized spacial score (nSPS) is 11.1. The molecule has 8 nitrogen and oxygen atoms in total. The number of carbonyl (C=O) groups excluding carboxylic acids is 1. The van der Waals surface area contributed by atoms with Gasteiger partial charge < -0.3 is 5.32 Å². The zero-order valence-corrected chi connectivity index (χ0v) is 17.5. The van der Waals surface area contributed by atoms with Crippen molar-refractivity contribution < 1.29 is 4.79 Å². The minimum absolute atomic E-state index is 0.264. The number of hydrogen-bond acceptors (Lipinski definition) is 6. The van der Waals surface area contributed by atoms with Crippen LogP contribution in [0.3, 0.4) is 0 Å². The Labute approximate surface area is 173 Å². The minimum Gasteiger partial charge on any atom is -0.322 e. The van der Waals surface area contributed by atoms with E-state index < -0.39 is 11.4 Å². The summed E-state index contributed by atoms with van der Waals surface area (Å²) in [5.74, 6) is -0.264. The van der Waals surface area contributed by atoms with Gasteiger partial charge in [-0.2, -0.15) is 4.68 Å². The summed E-state index contributed by atoms with van der Waals surface area (Å²) in [6.07, 6.45) is 1.98. The number of hydrogen-bond donors (Lipinski definition) is 1. The highest BCUT2D eigenvalue weighted by Crippen LogP contribution is 2.30.